The second kappa shape index (κ2) is 17.1. The molecule has 0 saturated carbocycles. The van der Waals surface area contributed by atoms with Crippen molar-refractivity contribution < 1.29 is 0 Å². The topological polar surface area (TPSA) is 61.4 Å². The van der Waals surface area contributed by atoms with Crippen molar-refractivity contribution in [1.29, 1.82) is 0 Å². The van der Waals surface area contributed by atoms with Crippen LogP contribution in [0.25, 0.3) is 153 Å². The third-order valence-corrected chi connectivity index (χ3v) is 18.7. The fourth-order valence-electron chi connectivity index (χ4n) is 13.8. The van der Waals surface area contributed by atoms with Crippen LogP contribution in [0.3, 0.4) is 0 Å². The molecule has 382 valence electrons. The Hall–Kier alpha value is -10.3. The highest BCUT2D eigenvalue weighted by atomic mass is 32.1. The van der Waals surface area contributed by atoms with Crippen LogP contribution in [0, 0.1) is 0 Å². The Morgan fingerprint density at radius 1 is 0.378 bits per heavy atom. The number of fused-ring (bicyclic) bond motifs is 17. The smallest absolute Gasteiger partial charge is 0.165 e. The highest BCUT2D eigenvalue weighted by Gasteiger charge is 2.43. The normalized spacial score (nSPS) is 14.3. The molecule has 0 saturated heterocycles. The SMILES string of the molecule is CC1(Cc2ccc3c(ccc4c3c3cc5ccccc5cc3n4-c3nc4c(nc3-c3ccccc3)sc3ccccc34)c2)c2ccccc2-c2nc(-n3c4cc5ccccc5cc4c4cc5ccccc5cc43)c(-c3ccccc3)nc21. The minimum absolute atomic E-state index is 0.516. The van der Waals surface area contributed by atoms with Gasteiger partial charge in [-0.15, -0.1) is 11.3 Å². The number of benzene rings is 12. The van der Waals surface area contributed by atoms with Crippen LogP contribution in [-0.4, -0.2) is 29.1 Å². The van der Waals surface area contributed by atoms with Crippen molar-refractivity contribution in [3.05, 3.63) is 266 Å². The Balaban J connectivity index is 0.839. The molecule has 6 nitrogen and oxygen atoms in total. The summed E-state index contributed by atoms with van der Waals surface area (Å²) < 4.78 is 5.94. The third-order valence-electron chi connectivity index (χ3n) is 17.6. The van der Waals surface area contributed by atoms with Crippen molar-refractivity contribution in [3.63, 3.8) is 0 Å². The van der Waals surface area contributed by atoms with Gasteiger partial charge in [-0.05, 0) is 116 Å². The first kappa shape index (κ1) is 45.5. The number of rotatable bonds is 6. The van der Waals surface area contributed by atoms with Crippen molar-refractivity contribution in [3.8, 4) is 45.4 Å². The number of aromatic nitrogens is 6. The van der Waals surface area contributed by atoms with Gasteiger partial charge in [0.25, 0.3) is 0 Å². The van der Waals surface area contributed by atoms with Crippen molar-refractivity contribution in [2.45, 2.75) is 18.8 Å². The maximum atomic E-state index is 5.94. The Morgan fingerprint density at radius 3 is 1.56 bits per heavy atom. The van der Waals surface area contributed by atoms with E-state index in [0.717, 1.165) is 95.3 Å². The van der Waals surface area contributed by atoms with Crippen LogP contribution in [0.4, 0.5) is 0 Å². The highest BCUT2D eigenvalue weighted by Crippen LogP contribution is 2.52. The Bertz CT molecular complexity index is 5490. The fraction of sp³-hybridized carbons (Fsp3) is 0.0400. The van der Waals surface area contributed by atoms with Crippen LogP contribution in [0.15, 0.2) is 249 Å². The summed E-state index contributed by atoms with van der Waals surface area (Å²) in [6, 6.07) is 90.5. The van der Waals surface area contributed by atoms with E-state index in [0.29, 0.717) is 0 Å². The quantitative estimate of drug-likeness (QED) is 0.166. The molecular formula is C75H46N6S. The van der Waals surface area contributed by atoms with E-state index < -0.39 is 5.41 Å². The number of hydrogen-bond acceptors (Lipinski definition) is 5. The number of hydrogen-bond donors (Lipinski definition) is 0. The van der Waals surface area contributed by atoms with E-state index in [1.165, 1.54) is 80.5 Å². The molecule has 82 heavy (non-hydrogen) atoms. The van der Waals surface area contributed by atoms with E-state index in [2.05, 4.69) is 265 Å². The molecule has 5 heterocycles. The molecule has 1 unspecified atom stereocenters. The van der Waals surface area contributed by atoms with Crippen molar-refractivity contribution in [2.75, 3.05) is 0 Å². The van der Waals surface area contributed by atoms with Gasteiger partial charge in [0, 0.05) is 53.7 Å². The summed E-state index contributed by atoms with van der Waals surface area (Å²) in [6.45, 7) is 2.38. The largest absolute Gasteiger partial charge is 0.292 e. The summed E-state index contributed by atoms with van der Waals surface area (Å²) in [5.74, 6) is 1.64. The van der Waals surface area contributed by atoms with Gasteiger partial charge in [0.2, 0.25) is 0 Å². The second-order valence-electron chi connectivity index (χ2n) is 22.4. The van der Waals surface area contributed by atoms with Gasteiger partial charge < -0.3 is 0 Å². The first-order valence-electron chi connectivity index (χ1n) is 28.1. The summed E-state index contributed by atoms with van der Waals surface area (Å²) >= 11 is 1.70. The second-order valence-corrected chi connectivity index (χ2v) is 23.4. The summed E-state index contributed by atoms with van der Waals surface area (Å²) in [5, 5.41) is 15.4. The predicted molar refractivity (Wildman–Crippen MR) is 342 cm³/mol. The molecule has 0 N–H and O–H groups in total. The van der Waals surface area contributed by atoms with E-state index >= 15 is 0 Å². The van der Waals surface area contributed by atoms with Gasteiger partial charge in [-0.1, -0.05) is 200 Å². The standard InChI is InChI=1S/C75H46N6S/c1-75(60-30-16-14-28-55(60)69-71(75)76-67(45-18-4-2-5-19-45)72(77-69)81-62-40-50-25-11-8-22-47(50)37-57(62)58-38-48-23-9-12-26-51(48)41-63(58)81)43-44-32-34-54-53(36-44)33-35-61-66(54)59-39-49-24-10-13-27-52(49)42-64(59)80(61)73-68(46-20-6-3-7-21-46)79-74-70(78-73)56-29-15-17-31-65(56)82-74/h2-42H,43H2,1H3. The molecule has 7 heteroatoms. The van der Waals surface area contributed by atoms with Gasteiger partial charge in [-0.3, -0.25) is 9.13 Å². The summed E-state index contributed by atoms with van der Waals surface area (Å²) in [5.41, 5.74) is 14.1. The van der Waals surface area contributed by atoms with E-state index in [9.17, 15) is 0 Å². The van der Waals surface area contributed by atoms with Gasteiger partial charge in [-0.2, -0.15) is 0 Å². The molecule has 0 bridgehead atoms. The van der Waals surface area contributed by atoms with Crippen LogP contribution in [0.1, 0.15) is 23.7 Å². The van der Waals surface area contributed by atoms with Crippen LogP contribution >= 0.6 is 11.3 Å². The van der Waals surface area contributed by atoms with Crippen molar-refractivity contribution >= 4 is 118 Å². The Morgan fingerprint density at radius 2 is 0.902 bits per heavy atom. The van der Waals surface area contributed by atoms with Crippen molar-refractivity contribution in [1.82, 2.24) is 29.1 Å². The van der Waals surface area contributed by atoms with Gasteiger partial charge in [-0.25, -0.2) is 19.9 Å². The lowest BCUT2D eigenvalue weighted by atomic mass is 9.77. The number of nitrogens with zero attached hydrogens (tertiary/aromatic N) is 6. The Kier molecular flexibility index (Phi) is 9.48. The molecular weight excluding hydrogens is 1020 g/mol. The maximum Gasteiger partial charge on any atom is 0.165 e. The zero-order chi connectivity index (χ0) is 53.8. The molecule has 0 fully saturated rings. The molecule has 0 spiro atoms. The average molecular weight is 1060 g/mol. The van der Waals surface area contributed by atoms with Gasteiger partial charge in [0.1, 0.15) is 21.7 Å². The molecule has 0 radical (unpaired) electrons. The molecule has 0 amide bonds. The lowest BCUT2D eigenvalue weighted by Crippen LogP contribution is -2.26. The summed E-state index contributed by atoms with van der Waals surface area (Å²) in [7, 11) is 0. The number of thiophene rings is 1. The monoisotopic (exact) mass is 1060 g/mol. The highest BCUT2D eigenvalue weighted by molar-refractivity contribution is 7.25. The van der Waals surface area contributed by atoms with Crippen molar-refractivity contribution in [2.24, 2.45) is 0 Å². The molecule has 1 aliphatic rings. The average Bonchev–Trinajstić information content (AvgIpc) is 2.46. The summed E-state index contributed by atoms with van der Waals surface area (Å²) in [6.07, 6.45) is 0.720. The van der Waals surface area contributed by atoms with E-state index in [4.69, 9.17) is 19.9 Å². The first-order chi connectivity index (χ1) is 40.5. The minimum atomic E-state index is -0.516. The Labute approximate surface area is 474 Å². The molecule has 5 aromatic heterocycles. The minimum Gasteiger partial charge on any atom is -0.292 e. The van der Waals surface area contributed by atoms with Crippen LogP contribution in [-0.2, 0) is 11.8 Å². The van der Waals surface area contributed by atoms with Crippen LogP contribution in [0.2, 0.25) is 0 Å². The van der Waals surface area contributed by atoms with Crippen LogP contribution < -0.4 is 0 Å². The molecule has 1 aliphatic carbocycles. The molecule has 18 rings (SSSR count). The molecule has 0 aliphatic heterocycles. The zero-order valence-electron chi connectivity index (χ0n) is 44.5. The van der Waals surface area contributed by atoms with Gasteiger partial charge in [0.05, 0.1) is 33.5 Å². The maximum absolute atomic E-state index is 5.94. The summed E-state index contributed by atoms with van der Waals surface area (Å²) in [4.78, 5) is 23.9. The zero-order valence-corrected chi connectivity index (χ0v) is 45.3. The lowest BCUT2D eigenvalue weighted by Gasteiger charge is -2.27. The van der Waals surface area contributed by atoms with E-state index in [1.54, 1.807) is 11.3 Å². The fourth-order valence-corrected chi connectivity index (χ4v) is 14.8. The first-order valence-corrected chi connectivity index (χ1v) is 28.9. The molecule has 17 aromatic rings. The van der Waals surface area contributed by atoms with Gasteiger partial charge >= 0.3 is 0 Å². The third kappa shape index (κ3) is 6.56. The lowest BCUT2D eigenvalue weighted by molar-refractivity contribution is 0.564. The van der Waals surface area contributed by atoms with Crippen LogP contribution in [0.5, 0.6) is 0 Å². The molecule has 1 atom stereocenters. The predicted octanol–water partition coefficient (Wildman–Crippen LogP) is 19.3. The van der Waals surface area contributed by atoms with E-state index in [-0.39, 0.29) is 0 Å². The van der Waals surface area contributed by atoms with Gasteiger partial charge in [0.15, 0.2) is 11.6 Å². The molecule has 12 aromatic carbocycles. The van der Waals surface area contributed by atoms with E-state index in [1.807, 2.05) is 0 Å².